The summed E-state index contributed by atoms with van der Waals surface area (Å²) in [7, 11) is 1.18. The van der Waals surface area contributed by atoms with Gasteiger partial charge in [0.1, 0.15) is 22.8 Å². The zero-order chi connectivity index (χ0) is 32.4. The predicted molar refractivity (Wildman–Crippen MR) is 168 cm³/mol. The number of Topliss-reactive ketones (excluding diaryl/α,β-unsaturated/α-hetero) is 1. The molecule has 1 saturated heterocycles. The van der Waals surface area contributed by atoms with Gasteiger partial charge in [-0.05, 0) is 104 Å². The van der Waals surface area contributed by atoms with Crippen molar-refractivity contribution in [3.8, 4) is 11.3 Å². The first-order chi connectivity index (χ1) is 21.4. The number of hydrogen-bond donors (Lipinski definition) is 0. The van der Waals surface area contributed by atoms with Crippen molar-refractivity contribution in [3.05, 3.63) is 83.0 Å². The third kappa shape index (κ3) is 7.46. The molecule has 0 spiro atoms. The number of methoxy groups -OCH3 is 1. The van der Waals surface area contributed by atoms with Crippen molar-refractivity contribution in [1.29, 1.82) is 0 Å². The van der Waals surface area contributed by atoms with Gasteiger partial charge in [-0.2, -0.15) is 13.2 Å². The van der Waals surface area contributed by atoms with Crippen molar-refractivity contribution in [2.75, 3.05) is 20.3 Å². The first-order valence-electron chi connectivity index (χ1n) is 15.6. The topological polar surface area (TPSA) is 61.3 Å². The largest absolute Gasteiger partial charge is 0.500 e. The van der Waals surface area contributed by atoms with E-state index in [1.807, 2.05) is 6.07 Å². The number of aromatic nitrogens is 2. The monoisotopic (exact) mass is 626 g/mol. The van der Waals surface area contributed by atoms with Gasteiger partial charge in [0, 0.05) is 33.0 Å². The molecule has 1 unspecified atom stereocenters. The molecule has 2 atom stereocenters. The van der Waals surface area contributed by atoms with Crippen molar-refractivity contribution in [2.24, 2.45) is 17.3 Å². The molecule has 2 aliphatic rings. The van der Waals surface area contributed by atoms with Crippen molar-refractivity contribution < 1.29 is 33.3 Å². The third-order valence-corrected chi connectivity index (χ3v) is 9.32. The number of ether oxygens (including phenoxy) is 2. The summed E-state index contributed by atoms with van der Waals surface area (Å²) < 4.78 is 66.1. The molecular formula is C36H42F4N2O3. The third-order valence-electron chi connectivity index (χ3n) is 9.32. The van der Waals surface area contributed by atoms with Gasteiger partial charge in [-0.25, -0.2) is 9.37 Å². The maximum atomic E-state index is 15.1. The van der Waals surface area contributed by atoms with E-state index in [4.69, 9.17) is 14.5 Å². The molecule has 2 heterocycles. The van der Waals surface area contributed by atoms with E-state index in [1.54, 1.807) is 12.3 Å². The molecule has 0 N–H and O–H groups in total. The normalized spacial score (nSPS) is 19.8. The van der Waals surface area contributed by atoms with Gasteiger partial charge >= 0.3 is 6.18 Å². The van der Waals surface area contributed by atoms with Crippen molar-refractivity contribution in [3.63, 3.8) is 0 Å². The van der Waals surface area contributed by atoms with E-state index in [9.17, 15) is 18.0 Å². The molecule has 1 aliphatic carbocycles. The number of nitrogens with zero attached hydrogens (tertiary/aromatic N) is 2. The van der Waals surface area contributed by atoms with Crippen LogP contribution < -0.4 is 0 Å². The molecule has 242 valence electrons. The Bertz CT molecular complexity index is 1620. The van der Waals surface area contributed by atoms with Crippen molar-refractivity contribution in [2.45, 2.75) is 71.4 Å². The average molecular weight is 627 g/mol. The molecular weight excluding hydrogens is 584 g/mol. The maximum absolute atomic E-state index is 15.1. The number of halogens is 4. The zero-order valence-corrected chi connectivity index (χ0v) is 26.1. The van der Waals surface area contributed by atoms with Gasteiger partial charge in [0.25, 0.3) is 0 Å². The summed E-state index contributed by atoms with van der Waals surface area (Å²) in [6.45, 7) is 9.79. The highest BCUT2D eigenvalue weighted by Crippen LogP contribution is 2.62. The highest BCUT2D eigenvalue weighted by Gasteiger charge is 2.66. The molecule has 1 aliphatic heterocycles. The fraction of sp³-hybridized carbons (Fsp3) is 0.472. The van der Waals surface area contributed by atoms with Crippen LogP contribution in [0, 0.1) is 30.0 Å². The second kappa shape index (κ2) is 13.4. The molecule has 3 aromatic rings. The Morgan fingerprint density at radius 2 is 1.98 bits per heavy atom. The molecule has 45 heavy (non-hydrogen) atoms. The quantitative estimate of drug-likeness (QED) is 0.114. The zero-order valence-electron chi connectivity index (χ0n) is 26.1. The number of carbonyl (C=O) groups excluding carboxylic acids is 1. The summed E-state index contributed by atoms with van der Waals surface area (Å²) in [5.41, 5.74) is 3.33. The van der Waals surface area contributed by atoms with Gasteiger partial charge in [-0.3, -0.25) is 9.78 Å². The Morgan fingerprint density at radius 3 is 2.64 bits per heavy atom. The Balaban J connectivity index is 0.00000480. The number of allylic oxidation sites excluding steroid dienone is 3. The van der Waals surface area contributed by atoms with E-state index in [-0.39, 0.29) is 49.8 Å². The van der Waals surface area contributed by atoms with Gasteiger partial charge in [-0.1, -0.05) is 25.6 Å². The van der Waals surface area contributed by atoms with Gasteiger partial charge < -0.3 is 9.47 Å². The molecule has 5 rings (SSSR count). The number of hydrogen-bond acceptors (Lipinski definition) is 5. The second-order valence-electron chi connectivity index (χ2n) is 12.7. The maximum Gasteiger partial charge on any atom is 0.401 e. The Morgan fingerprint density at radius 1 is 1.20 bits per heavy atom. The Labute approximate surface area is 263 Å². The lowest BCUT2D eigenvalue weighted by molar-refractivity contribution is -0.184. The van der Waals surface area contributed by atoms with Crippen LogP contribution in [-0.4, -0.2) is 42.3 Å². The van der Waals surface area contributed by atoms with Crippen LogP contribution in [0.2, 0.25) is 0 Å². The number of aryl methyl sites for hydroxylation is 2. The van der Waals surface area contributed by atoms with Crippen LogP contribution in [0.3, 0.4) is 0 Å². The fourth-order valence-electron chi connectivity index (χ4n) is 6.32. The smallest absolute Gasteiger partial charge is 0.401 e. The summed E-state index contributed by atoms with van der Waals surface area (Å²) in [6, 6.07) is 8.67. The molecule has 1 saturated carbocycles. The van der Waals surface area contributed by atoms with Gasteiger partial charge in [0.15, 0.2) is 0 Å². The van der Waals surface area contributed by atoms with Crippen molar-refractivity contribution >= 4 is 16.8 Å². The minimum atomic E-state index is -4.44. The van der Waals surface area contributed by atoms with E-state index in [2.05, 4.69) is 31.5 Å². The number of benzene rings is 2. The summed E-state index contributed by atoms with van der Waals surface area (Å²) in [4.78, 5) is 22.0. The lowest BCUT2D eigenvalue weighted by atomic mass is 9.85. The highest BCUT2D eigenvalue weighted by atomic mass is 19.4. The van der Waals surface area contributed by atoms with Gasteiger partial charge in [0.2, 0.25) is 0 Å². The van der Waals surface area contributed by atoms with Crippen LogP contribution in [0.5, 0.6) is 0 Å². The van der Waals surface area contributed by atoms with E-state index < -0.39 is 17.4 Å². The first kappa shape index (κ1) is 32.8. The minimum absolute atomic E-state index is 0. The fourth-order valence-corrected chi connectivity index (χ4v) is 6.32. The summed E-state index contributed by atoms with van der Waals surface area (Å²) in [6.07, 6.45) is 2.22. The number of alkyl halides is 3. The summed E-state index contributed by atoms with van der Waals surface area (Å²) in [5.74, 6) is 0.127. The number of carbonyl (C=O) groups is 1. The molecule has 2 aromatic carbocycles. The average Bonchev–Trinajstić information content (AvgIpc) is 3.80. The van der Waals surface area contributed by atoms with Crippen LogP contribution in [-0.2, 0) is 27.1 Å². The lowest BCUT2D eigenvalue weighted by Gasteiger charge is -2.28. The van der Waals surface area contributed by atoms with E-state index in [0.29, 0.717) is 23.1 Å². The SMILES string of the molecule is C=C(/C=C(\OC)C1(C(F)(F)F)CC1)CC(=O)Cc1ccc(-c2cnc3cc(CCCC4CCOC[C@@H]4C)c(C)cc3n2)cc1F.[HH]. The van der Waals surface area contributed by atoms with E-state index >= 15 is 4.39 Å². The molecule has 1 aromatic heterocycles. The van der Waals surface area contributed by atoms with Crippen LogP contribution in [0.25, 0.3) is 22.3 Å². The molecule has 9 heteroatoms. The van der Waals surface area contributed by atoms with Crippen LogP contribution in [0.1, 0.15) is 63.6 Å². The molecule has 2 fully saturated rings. The van der Waals surface area contributed by atoms with Crippen molar-refractivity contribution in [1.82, 2.24) is 9.97 Å². The predicted octanol–water partition coefficient (Wildman–Crippen LogP) is 8.92. The van der Waals surface area contributed by atoms with Crippen LogP contribution in [0.15, 0.2) is 60.5 Å². The van der Waals surface area contributed by atoms with Gasteiger partial charge in [-0.15, -0.1) is 0 Å². The molecule has 5 nitrogen and oxygen atoms in total. The number of fused-ring (bicyclic) bond motifs is 1. The second-order valence-corrected chi connectivity index (χ2v) is 12.7. The molecule has 0 radical (unpaired) electrons. The van der Waals surface area contributed by atoms with Gasteiger partial charge in [0.05, 0.1) is 30.0 Å². The summed E-state index contributed by atoms with van der Waals surface area (Å²) in [5, 5.41) is 0. The Hall–Kier alpha value is -3.59. The van der Waals surface area contributed by atoms with E-state index in [1.165, 1.54) is 37.3 Å². The highest BCUT2D eigenvalue weighted by molar-refractivity contribution is 5.84. The number of rotatable bonds is 12. The summed E-state index contributed by atoms with van der Waals surface area (Å²) >= 11 is 0. The standard InChI is InChI=1S/C36H40F4N2O3.H2/c1-22(15-34(44-4)35(11-12-35)36(38,39)40)14-29(43)17-27-8-9-28(18-30(27)37)33-20-41-31-19-26(23(2)16-32(31)42-33)7-5-6-25-10-13-45-21-24(25)3;/h8-9,15-16,18-20,24-25H,1,5-7,10-14,17,21H2,2-4H3;1H/b34-15-;/t24-,25?;/m0./s1. The lowest BCUT2D eigenvalue weighted by Crippen LogP contribution is -2.27. The van der Waals surface area contributed by atoms with E-state index in [0.717, 1.165) is 49.1 Å². The van der Waals surface area contributed by atoms with Crippen LogP contribution >= 0.6 is 0 Å². The van der Waals surface area contributed by atoms with Crippen LogP contribution in [0.4, 0.5) is 17.6 Å². The first-order valence-corrected chi connectivity index (χ1v) is 15.6. The Kier molecular flexibility index (Phi) is 9.77. The number of ketones is 1. The molecule has 0 amide bonds. The molecule has 0 bridgehead atoms. The minimum Gasteiger partial charge on any atom is -0.500 e.